The number of carbonyl (C=O) groups excluding carboxylic acids is 1. The molecule has 4 nitrogen and oxygen atoms in total. The first-order chi connectivity index (χ1) is 13.1. The normalized spacial score (nSPS) is 11.7. The van der Waals surface area contributed by atoms with E-state index in [-0.39, 0.29) is 16.8 Å². The van der Waals surface area contributed by atoms with Crippen molar-refractivity contribution in [3.8, 4) is 0 Å². The van der Waals surface area contributed by atoms with Crippen LogP contribution in [0.25, 0.3) is 0 Å². The van der Waals surface area contributed by atoms with Crippen molar-refractivity contribution in [3.63, 3.8) is 0 Å². The molecule has 0 fully saturated rings. The minimum absolute atomic E-state index is 0.0740. The molecule has 0 aliphatic rings. The van der Waals surface area contributed by atoms with E-state index in [0.717, 1.165) is 6.07 Å². The second-order valence-electron chi connectivity index (χ2n) is 6.12. The van der Waals surface area contributed by atoms with Crippen molar-refractivity contribution in [2.24, 2.45) is 4.99 Å². The lowest BCUT2D eigenvalue weighted by Gasteiger charge is -2.17. The Kier molecular flexibility index (Phi) is 6.77. The molecule has 0 aliphatic heterocycles. The summed E-state index contributed by atoms with van der Waals surface area (Å²) in [6.45, 7) is 3.28. The molecule has 2 aromatic rings. The summed E-state index contributed by atoms with van der Waals surface area (Å²) in [5.74, 6) is -1.79. The van der Waals surface area contributed by atoms with Crippen molar-refractivity contribution in [1.29, 1.82) is 0 Å². The average Bonchev–Trinajstić information content (AvgIpc) is 2.64. The molecule has 0 aliphatic carbocycles. The van der Waals surface area contributed by atoms with Gasteiger partial charge in [0.2, 0.25) is 0 Å². The second-order valence-corrected chi connectivity index (χ2v) is 6.12. The van der Waals surface area contributed by atoms with Gasteiger partial charge in [-0.3, -0.25) is 0 Å². The predicted molar refractivity (Wildman–Crippen MR) is 98.2 cm³/mol. The van der Waals surface area contributed by atoms with Gasteiger partial charge in [0.15, 0.2) is 0 Å². The predicted octanol–water partition coefficient (Wildman–Crippen LogP) is 5.12. The first-order valence-corrected chi connectivity index (χ1v) is 8.50. The van der Waals surface area contributed by atoms with Gasteiger partial charge in [0.1, 0.15) is 12.4 Å². The zero-order valence-electron chi connectivity index (χ0n) is 15.7. The van der Waals surface area contributed by atoms with Gasteiger partial charge in [-0.15, -0.1) is 0 Å². The van der Waals surface area contributed by atoms with E-state index in [4.69, 9.17) is 4.74 Å². The lowest BCUT2D eigenvalue weighted by atomic mass is 9.99. The fourth-order valence-corrected chi connectivity index (χ4v) is 2.45. The number of esters is 1. The number of hydrogen-bond acceptors (Lipinski definition) is 3. The highest BCUT2D eigenvalue weighted by atomic mass is 19.4. The number of aliphatic imine (C=N–C) groups is 1. The van der Waals surface area contributed by atoms with Gasteiger partial charge in [-0.25, -0.2) is 14.2 Å². The number of ether oxygens (including phenoxy) is 1. The summed E-state index contributed by atoms with van der Waals surface area (Å²) >= 11 is 0. The Bertz CT molecular complexity index is 879. The maximum Gasteiger partial charge on any atom is 0.417 e. The van der Waals surface area contributed by atoms with Crippen LogP contribution >= 0.6 is 0 Å². The molecule has 28 heavy (non-hydrogen) atoms. The van der Waals surface area contributed by atoms with E-state index in [1.165, 1.54) is 43.6 Å². The molecule has 0 spiro atoms. The quantitative estimate of drug-likeness (QED) is 0.295. The number of rotatable bonds is 6. The van der Waals surface area contributed by atoms with Crippen molar-refractivity contribution in [3.05, 3.63) is 64.5 Å². The molecule has 0 radical (unpaired) electrons. The molecular weight excluding hydrogens is 376 g/mol. The maximum absolute atomic E-state index is 13.6. The minimum atomic E-state index is -4.78. The van der Waals surface area contributed by atoms with Crippen LogP contribution in [-0.4, -0.2) is 30.8 Å². The third kappa shape index (κ3) is 5.09. The molecule has 0 atom stereocenters. The summed E-state index contributed by atoms with van der Waals surface area (Å²) in [5.41, 5.74) is -1.76. The molecule has 150 valence electrons. The first kappa shape index (κ1) is 21.4. The van der Waals surface area contributed by atoms with Crippen LogP contribution in [0.4, 0.5) is 23.2 Å². The van der Waals surface area contributed by atoms with E-state index in [9.17, 15) is 22.4 Å². The Hall–Kier alpha value is -2.90. The smallest absolute Gasteiger partial charge is 0.417 e. The van der Waals surface area contributed by atoms with E-state index < -0.39 is 35.7 Å². The number of benzene rings is 2. The second kappa shape index (κ2) is 8.86. The van der Waals surface area contributed by atoms with Crippen molar-refractivity contribution in [2.45, 2.75) is 26.6 Å². The number of carbonyl (C=O) groups is 1. The summed E-state index contributed by atoms with van der Waals surface area (Å²) in [7, 11) is 1.73. The van der Waals surface area contributed by atoms with Gasteiger partial charge in [0.25, 0.3) is 0 Å². The van der Waals surface area contributed by atoms with Gasteiger partial charge in [0.05, 0.1) is 23.2 Å². The molecule has 0 saturated carbocycles. The molecule has 2 aromatic carbocycles. The molecule has 0 heterocycles. The Morgan fingerprint density at radius 1 is 1.21 bits per heavy atom. The van der Waals surface area contributed by atoms with Crippen LogP contribution in [0.1, 0.15) is 34.0 Å². The molecule has 8 heteroatoms. The van der Waals surface area contributed by atoms with Gasteiger partial charge < -0.3 is 9.64 Å². The highest BCUT2D eigenvalue weighted by molar-refractivity contribution is 5.92. The molecular formula is C20H20F4N2O2. The average molecular weight is 396 g/mol. The largest absolute Gasteiger partial charge is 0.457 e. The lowest BCUT2D eigenvalue weighted by Crippen LogP contribution is -2.17. The van der Waals surface area contributed by atoms with Crippen molar-refractivity contribution in [2.75, 3.05) is 13.6 Å². The third-order valence-corrected chi connectivity index (χ3v) is 4.15. The van der Waals surface area contributed by atoms with E-state index in [1.54, 1.807) is 11.9 Å². The van der Waals surface area contributed by atoms with Gasteiger partial charge >= 0.3 is 12.1 Å². The molecule has 0 saturated heterocycles. The van der Waals surface area contributed by atoms with Crippen LogP contribution in [0.5, 0.6) is 0 Å². The van der Waals surface area contributed by atoms with Crippen molar-refractivity contribution >= 4 is 18.0 Å². The van der Waals surface area contributed by atoms with Gasteiger partial charge in [-0.2, -0.15) is 13.2 Å². The van der Waals surface area contributed by atoms with E-state index in [0.29, 0.717) is 6.54 Å². The van der Waals surface area contributed by atoms with E-state index in [1.807, 2.05) is 6.92 Å². The van der Waals surface area contributed by atoms with E-state index in [2.05, 4.69) is 4.99 Å². The number of hydrogen-bond donors (Lipinski definition) is 0. The first-order valence-electron chi connectivity index (χ1n) is 8.50. The summed E-state index contributed by atoms with van der Waals surface area (Å²) in [6, 6.07) is 7.91. The van der Waals surface area contributed by atoms with Gasteiger partial charge in [-0.05, 0) is 37.6 Å². The Morgan fingerprint density at radius 2 is 1.89 bits per heavy atom. The number of alkyl halides is 3. The third-order valence-electron chi connectivity index (χ3n) is 4.15. The Labute approximate surface area is 160 Å². The Morgan fingerprint density at radius 3 is 2.50 bits per heavy atom. The van der Waals surface area contributed by atoms with Crippen LogP contribution in [0.3, 0.4) is 0 Å². The fourth-order valence-electron chi connectivity index (χ4n) is 2.45. The summed E-state index contributed by atoms with van der Waals surface area (Å²) in [4.78, 5) is 18.0. The zero-order valence-corrected chi connectivity index (χ0v) is 15.7. The SMILES string of the molecule is CCN(C)C=Nc1ccc(C(=O)OCc2ccccc2F)c(C(F)(F)F)c1C. The number of halogens is 4. The Balaban J connectivity index is 2.35. The van der Waals surface area contributed by atoms with Crippen molar-refractivity contribution in [1.82, 2.24) is 4.90 Å². The maximum atomic E-state index is 13.6. The summed E-state index contributed by atoms with van der Waals surface area (Å²) < 4.78 is 59.4. The molecule has 0 aromatic heterocycles. The topological polar surface area (TPSA) is 41.9 Å². The fraction of sp³-hybridized carbons (Fsp3) is 0.300. The summed E-state index contributed by atoms with van der Waals surface area (Å²) in [5, 5.41) is 0. The highest BCUT2D eigenvalue weighted by Gasteiger charge is 2.38. The van der Waals surface area contributed by atoms with Crippen LogP contribution in [0, 0.1) is 12.7 Å². The summed E-state index contributed by atoms with van der Waals surface area (Å²) in [6.07, 6.45) is -3.36. The molecule has 0 bridgehead atoms. The van der Waals surface area contributed by atoms with E-state index >= 15 is 0 Å². The zero-order chi connectivity index (χ0) is 20.9. The van der Waals surface area contributed by atoms with Crippen LogP contribution in [0.2, 0.25) is 0 Å². The minimum Gasteiger partial charge on any atom is -0.457 e. The van der Waals surface area contributed by atoms with Gasteiger partial charge in [-0.1, -0.05) is 18.2 Å². The molecule has 2 rings (SSSR count). The van der Waals surface area contributed by atoms with Crippen LogP contribution in [0.15, 0.2) is 41.4 Å². The standard InChI is InChI=1S/C20H20F4N2O2/c1-4-26(3)12-25-17-10-9-15(18(13(17)2)20(22,23)24)19(27)28-11-14-7-5-6-8-16(14)21/h5-10,12H,4,11H2,1-3H3. The lowest BCUT2D eigenvalue weighted by molar-refractivity contribution is -0.138. The van der Waals surface area contributed by atoms with Crippen molar-refractivity contribution < 1.29 is 27.1 Å². The molecule has 0 amide bonds. The highest BCUT2D eigenvalue weighted by Crippen LogP contribution is 2.38. The molecule has 0 unspecified atom stereocenters. The molecule has 0 N–H and O–H groups in total. The van der Waals surface area contributed by atoms with Gasteiger partial charge in [0, 0.05) is 19.2 Å². The van der Waals surface area contributed by atoms with Crippen LogP contribution in [-0.2, 0) is 17.5 Å². The number of nitrogens with zero attached hydrogens (tertiary/aromatic N) is 2. The van der Waals surface area contributed by atoms with Crippen LogP contribution < -0.4 is 0 Å². The monoisotopic (exact) mass is 396 g/mol.